The number of nitrogens with one attached hydrogen (secondary N) is 3. The largest absolute Gasteiger partial charge is 0.494 e. The molecule has 1 amide bonds. The molecule has 0 unspecified atom stereocenters. The number of hydrogen-bond donors (Lipinski definition) is 3. The van der Waals surface area contributed by atoms with Crippen LogP contribution in [-0.4, -0.2) is 108 Å². The number of rotatable bonds is 19. The van der Waals surface area contributed by atoms with E-state index in [1.165, 1.54) is 0 Å². The van der Waals surface area contributed by atoms with Gasteiger partial charge in [-0.15, -0.1) is 0 Å². The first-order valence-corrected chi connectivity index (χ1v) is 20.3. The minimum Gasteiger partial charge on any atom is -0.494 e. The van der Waals surface area contributed by atoms with Crippen LogP contribution in [0, 0.1) is 0 Å². The van der Waals surface area contributed by atoms with Gasteiger partial charge in [-0.05, 0) is 31.3 Å². The third kappa shape index (κ3) is 11.2. The quantitative estimate of drug-likeness (QED) is 0.0626. The number of methoxy groups -OCH3 is 1. The van der Waals surface area contributed by atoms with Crippen molar-refractivity contribution in [3.8, 4) is 17.0 Å². The second kappa shape index (κ2) is 18.0. The predicted octanol–water partition coefficient (Wildman–Crippen LogP) is 5.81. The van der Waals surface area contributed by atoms with E-state index in [1.54, 1.807) is 20.4 Å². The molecule has 0 aliphatic rings. The predicted molar refractivity (Wildman–Crippen MR) is 200 cm³/mol. The number of nitrogens with zero attached hydrogens (tertiary/aromatic N) is 5. The minimum atomic E-state index is -1.37. The molecule has 49 heavy (non-hydrogen) atoms. The van der Waals surface area contributed by atoms with Gasteiger partial charge in [-0.2, -0.15) is 0 Å². The molecular weight excluding hydrogens is 641 g/mol. The number of hydrogen-bond acceptors (Lipinski definition) is 11. The summed E-state index contributed by atoms with van der Waals surface area (Å²) in [5.74, 6) is 0.971. The molecule has 14 heteroatoms. The molecule has 13 nitrogen and oxygen atoms in total. The van der Waals surface area contributed by atoms with Crippen LogP contribution in [0.5, 0.6) is 5.75 Å². The van der Waals surface area contributed by atoms with Crippen LogP contribution >= 0.6 is 0 Å². The lowest BCUT2D eigenvalue weighted by molar-refractivity contribution is 0.00247. The normalized spacial score (nSPS) is 11.6. The monoisotopic (exact) mass is 692 g/mol. The number of carbonyl (C=O) groups excluding carboxylic acids is 1. The van der Waals surface area contributed by atoms with Crippen molar-refractivity contribution in [1.82, 2.24) is 24.9 Å². The Hall–Kier alpha value is -4.21. The maximum absolute atomic E-state index is 13.0. The molecular formula is C35H52N8O5Si. The van der Waals surface area contributed by atoms with Crippen LogP contribution in [-0.2, 0) is 21.4 Å². The molecule has 0 saturated heterocycles. The summed E-state index contributed by atoms with van der Waals surface area (Å²) in [6, 6.07) is 14.7. The molecule has 0 radical (unpaired) electrons. The molecule has 2 aromatic heterocycles. The van der Waals surface area contributed by atoms with Crippen LogP contribution in [0.15, 0.2) is 54.9 Å². The number of anilines is 4. The Morgan fingerprint density at radius 1 is 0.980 bits per heavy atom. The Bertz CT molecular complexity index is 1660. The Morgan fingerprint density at radius 3 is 2.53 bits per heavy atom. The Balaban J connectivity index is 1.55. The molecule has 4 rings (SSSR count). The highest BCUT2D eigenvalue weighted by atomic mass is 28.3. The van der Waals surface area contributed by atoms with E-state index in [2.05, 4.69) is 80.5 Å². The highest BCUT2D eigenvalue weighted by molar-refractivity contribution is 6.76. The first-order valence-electron chi connectivity index (χ1n) is 16.6. The number of fused-ring (bicyclic) bond motifs is 1. The molecule has 0 aliphatic carbocycles. The molecule has 0 bridgehead atoms. The van der Waals surface area contributed by atoms with Crippen molar-refractivity contribution in [3.63, 3.8) is 0 Å². The number of ether oxygens (including phenoxy) is 3. The summed E-state index contributed by atoms with van der Waals surface area (Å²) in [6.07, 6.45) is 3.30. The van der Waals surface area contributed by atoms with Gasteiger partial charge in [0.2, 0.25) is 5.95 Å². The summed E-state index contributed by atoms with van der Waals surface area (Å²) in [5.41, 5.74) is 7.51. The average molecular weight is 693 g/mol. The van der Waals surface area contributed by atoms with Gasteiger partial charge < -0.3 is 33.9 Å². The summed E-state index contributed by atoms with van der Waals surface area (Å²) in [4.78, 5) is 31.7. The second-order valence-corrected chi connectivity index (χ2v) is 18.7. The van der Waals surface area contributed by atoms with Crippen molar-refractivity contribution in [3.05, 3.63) is 54.9 Å². The van der Waals surface area contributed by atoms with E-state index in [-0.39, 0.29) is 0 Å². The number of aromatic nitrogens is 3. The smallest absolute Gasteiger partial charge is 0.411 e. The van der Waals surface area contributed by atoms with Gasteiger partial charge in [0, 0.05) is 83.8 Å². The van der Waals surface area contributed by atoms with Gasteiger partial charge >= 0.3 is 6.09 Å². The SMILES string of the molecule is CNOCCOCCN(C)CCN(C)c1cc(OC)c(Nc2nccc(-c3cn(C)c4ccccc34)n2)cc1NC(=O)OCC[Si](C)(C)C. The Morgan fingerprint density at radius 2 is 1.78 bits per heavy atom. The summed E-state index contributed by atoms with van der Waals surface area (Å²) in [7, 11) is 8.03. The van der Waals surface area contributed by atoms with Crippen molar-refractivity contribution in [2.24, 2.45) is 7.05 Å². The van der Waals surface area contributed by atoms with Crippen LogP contribution in [0.1, 0.15) is 0 Å². The van der Waals surface area contributed by atoms with Gasteiger partial charge in [-0.25, -0.2) is 20.2 Å². The molecule has 0 aliphatic heterocycles. The lowest BCUT2D eigenvalue weighted by atomic mass is 10.1. The molecule has 3 N–H and O–H groups in total. The zero-order valence-corrected chi connectivity index (χ0v) is 31.1. The van der Waals surface area contributed by atoms with Crippen molar-refractivity contribution >= 4 is 48.1 Å². The number of para-hydroxylation sites is 1. The van der Waals surface area contributed by atoms with Crippen LogP contribution in [0.2, 0.25) is 25.7 Å². The fourth-order valence-corrected chi connectivity index (χ4v) is 5.88. The lowest BCUT2D eigenvalue weighted by Crippen LogP contribution is -2.33. The lowest BCUT2D eigenvalue weighted by Gasteiger charge is -2.27. The third-order valence-electron chi connectivity index (χ3n) is 8.03. The van der Waals surface area contributed by atoms with E-state index in [4.69, 9.17) is 24.0 Å². The first-order chi connectivity index (χ1) is 23.5. The van der Waals surface area contributed by atoms with E-state index in [0.717, 1.165) is 47.0 Å². The summed E-state index contributed by atoms with van der Waals surface area (Å²) < 4.78 is 19.2. The van der Waals surface area contributed by atoms with Gasteiger partial charge in [0.25, 0.3) is 0 Å². The number of likely N-dealkylation sites (N-methyl/N-ethyl adjacent to an activating group) is 2. The Labute approximate surface area is 290 Å². The summed E-state index contributed by atoms with van der Waals surface area (Å²) in [6.45, 7) is 11.0. The average Bonchev–Trinajstić information content (AvgIpc) is 3.41. The zero-order valence-electron chi connectivity index (χ0n) is 30.1. The molecule has 0 atom stereocenters. The molecule has 266 valence electrons. The molecule has 2 heterocycles. The van der Waals surface area contributed by atoms with Crippen molar-refractivity contribution in [1.29, 1.82) is 0 Å². The van der Waals surface area contributed by atoms with Gasteiger partial charge in [0.05, 0.1) is 56.3 Å². The first kappa shape index (κ1) is 37.6. The molecule has 0 spiro atoms. The number of hydroxylamine groups is 1. The van der Waals surface area contributed by atoms with Crippen LogP contribution in [0.25, 0.3) is 22.2 Å². The summed E-state index contributed by atoms with van der Waals surface area (Å²) in [5, 5.41) is 7.42. The number of aryl methyl sites for hydroxylation is 1. The maximum Gasteiger partial charge on any atom is 0.411 e. The summed E-state index contributed by atoms with van der Waals surface area (Å²) >= 11 is 0. The minimum absolute atomic E-state index is 0.372. The van der Waals surface area contributed by atoms with Crippen LogP contribution < -0.4 is 25.8 Å². The van der Waals surface area contributed by atoms with Crippen molar-refractivity contribution < 1.29 is 23.8 Å². The maximum atomic E-state index is 13.0. The Kier molecular flexibility index (Phi) is 13.8. The van der Waals surface area contributed by atoms with Gasteiger partial charge in [-0.1, -0.05) is 37.8 Å². The number of carbonyl (C=O) groups is 1. The van der Waals surface area contributed by atoms with Crippen LogP contribution in [0.3, 0.4) is 0 Å². The standard InChI is InChI=1S/C35H52N8O5Si/c1-36-48-20-19-46-18-17-41(2)15-16-42(3)32-24-33(45-5)30(23-29(32)40-35(44)47-21-22-49(6,7)8)39-34-37-14-13-28(38-34)27-25-43(4)31-12-10-9-11-26(27)31/h9-14,23-25,36H,15-22H2,1-8H3,(H,40,44)(H,37,38,39). The fourth-order valence-electron chi connectivity index (χ4n) is 5.16. The molecule has 2 aromatic carbocycles. The zero-order chi connectivity index (χ0) is 35.4. The topological polar surface area (TPSA) is 127 Å². The van der Waals surface area contributed by atoms with Gasteiger partial charge in [0.15, 0.2) is 0 Å². The van der Waals surface area contributed by atoms with Crippen molar-refractivity contribution in [2.45, 2.75) is 25.7 Å². The van der Waals surface area contributed by atoms with E-state index >= 15 is 0 Å². The fraction of sp³-hybridized carbons (Fsp3) is 0.457. The number of benzene rings is 2. The highest BCUT2D eigenvalue weighted by Crippen LogP contribution is 2.38. The van der Waals surface area contributed by atoms with Gasteiger partial charge in [-0.3, -0.25) is 10.2 Å². The van der Waals surface area contributed by atoms with E-state index in [9.17, 15) is 4.79 Å². The van der Waals surface area contributed by atoms with E-state index < -0.39 is 14.2 Å². The highest BCUT2D eigenvalue weighted by Gasteiger charge is 2.19. The molecule has 0 saturated carbocycles. The molecule has 4 aromatic rings. The van der Waals surface area contributed by atoms with E-state index in [1.807, 2.05) is 44.4 Å². The molecule has 0 fully saturated rings. The van der Waals surface area contributed by atoms with Gasteiger partial charge in [0.1, 0.15) is 5.75 Å². The van der Waals surface area contributed by atoms with E-state index in [0.29, 0.717) is 56.0 Å². The number of amides is 1. The third-order valence-corrected chi connectivity index (χ3v) is 9.74. The second-order valence-electron chi connectivity index (χ2n) is 13.1. The van der Waals surface area contributed by atoms with Crippen molar-refractivity contribution in [2.75, 3.05) is 89.8 Å². The van der Waals surface area contributed by atoms with Crippen LogP contribution in [0.4, 0.5) is 27.8 Å².